The molecular formula is C13H25N3O. The number of carbonyl (C=O) groups excluding carboxylic acids is 1. The fraction of sp³-hybridized carbons (Fsp3) is 0.769. The van der Waals surface area contributed by atoms with Gasteiger partial charge in [0.2, 0.25) is 5.91 Å². The van der Waals surface area contributed by atoms with E-state index in [4.69, 9.17) is 0 Å². The second-order valence-corrected chi connectivity index (χ2v) is 4.80. The van der Waals surface area contributed by atoms with Crippen LogP contribution in [-0.2, 0) is 4.79 Å². The molecule has 0 aromatic heterocycles. The number of rotatable bonds is 6. The molecule has 1 saturated carbocycles. The van der Waals surface area contributed by atoms with Crippen LogP contribution in [0, 0.1) is 0 Å². The maximum Gasteiger partial charge on any atom is 0.234 e. The molecule has 0 spiro atoms. The summed E-state index contributed by atoms with van der Waals surface area (Å²) < 4.78 is 0. The Morgan fingerprint density at radius 3 is 2.59 bits per heavy atom. The van der Waals surface area contributed by atoms with E-state index in [9.17, 15) is 4.79 Å². The third-order valence-electron chi connectivity index (χ3n) is 3.56. The number of likely N-dealkylation sites (N-methyl/N-ethyl adjacent to an activating group) is 1. The Kier molecular flexibility index (Phi) is 6.22. The second-order valence-electron chi connectivity index (χ2n) is 4.80. The van der Waals surface area contributed by atoms with Crippen molar-refractivity contribution < 1.29 is 4.79 Å². The van der Waals surface area contributed by atoms with Crippen LogP contribution in [0.25, 0.3) is 0 Å². The van der Waals surface area contributed by atoms with Crippen molar-refractivity contribution in [1.82, 2.24) is 15.5 Å². The van der Waals surface area contributed by atoms with Crippen molar-refractivity contribution in [2.75, 3.05) is 27.2 Å². The zero-order chi connectivity index (χ0) is 12.7. The molecule has 0 aromatic rings. The quantitative estimate of drug-likeness (QED) is 0.672. The lowest BCUT2D eigenvalue weighted by atomic mass is 9.90. The van der Waals surface area contributed by atoms with E-state index in [2.05, 4.69) is 22.1 Å². The van der Waals surface area contributed by atoms with Crippen LogP contribution in [0.4, 0.5) is 0 Å². The van der Waals surface area contributed by atoms with Crippen LogP contribution in [0.1, 0.15) is 25.7 Å². The predicted molar refractivity (Wildman–Crippen MR) is 70.9 cm³/mol. The van der Waals surface area contributed by atoms with Gasteiger partial charge >= 0.3 is 0 Å². The van der Waals surface area contributed by atoms with Gasteiger partial charge in [-0.25, -0.2) is 0 Å². The summed E-state index contributed by atoms with van der Waals surface area (Å²) in [5.74, 6) is 0.0862. The molecule has 0 radical (unpaired) electrons. The van der Waals surface area contributed by atoms with Crippen molar-refractivity contribution in [1.29, 1.82) is 0 Å². The summed E-state index contributed by atoms with van der Waals surface area (Å²) in [5.41, 5.74) is 0. The van der Waals surface area contributed by atoms with Crippen LogP contribution in [0.5, 0.6) is 0 Å². The normalized spacial score (nSPS) is 24.6. The van der Waals surface area contributed by atoms with Gasteiger partial charge in [0.25, 0.3) is 0 Å². The number of hydrogen-bond acceptors (Lipinski definition) is 3. The van der Waals surface area contributed by atoms with Gasteiger partial charge in [0.15, 0.2) is 0 Å². The number of amides is 1. The van der Waals surface area contributed by atoms with Gasteiger partial charge in [0, 0.05) is 18.6 Å². The molecule has 1 rings (SSSR count). The summed E-state index contributed by atoms with van der Waals surface area (Å²) in [6.07, 6.45) is 6.48. The van der Waals surface area contributed by atoms with Crippen molar-refractivity contribution in [2.24, 2.45) is 0 Å². The van der Waals surface area contributed by atoms with Crippen molar-refractivity contribution >= 4 is 5.91 Å². The smallest absolute Gasteiger partial charge is 0.234 e. The standard InChI is InChI=1S/C13H25N3O/c1-4-9-15-13(17)10-16(3)12-7-5-11(14-2)6-8-12/h4,11-12,14H,1,5-10H2,2-3H3,(H,15,17). The topological polar surface area (TPSA) is 44.4 Å². The largest absolute Gasteiger partial charge is 0.352 e. The summed E-state index contributed by atoms with van der Waals surface area (Å²) in [6, 6.07) is 1.21. The van der Waals surface area contributed by atoms with Crippen molar-refractivity contribution in [3.05, 3.63) is 12.7 Å². The molecule has 1 aliphatic carbocycles. The van der Waals surface area contributed by atoms with Gasteiger partial charge in [-0.1, -0.05) is 6.08 Å². The van der Waals surface area contributed by atoms with Gasteiger partial charge in [-0.3, -0.25) is 9.69 Å². The first-order chi connectivity index (χ1) is 8.17. The lowest BCUT2D eigenvalue weighted by Crippen LogP contribution is -2.44. The molecule has 0 heterocycles. The minimum absolute atomic E-state index is 0.0862. The summed E-state index contributed by atoms with van der Waals surface area (Å²) in [6.45, 7) is 4.63. The lowest BCUT2D eigenvalue weighted by molar-refractivity contribution is -0.122. The van der Waals surface area contributed by atoms with Crippen LogP contribution in [0.3, 0.4) is 0 Å². The molecule has 0 atom stereocenters. The van der Waals surface area contributed by atoms with Crippen LogP contribution in [0.15, 0.2) is 12.7 Å². The van der Waals surface area contributed by atoms with E-state index in [0.29, 0.717) is 25.2 Å². The average molecular weight is 239 g/mol. The van der Waals surface area contributed by atoms with Crippen molar-refractivity contribution in [3.8, 4) is 0 Å². The number of nitrogens with one attached hydrogen (secondary N) is 2. The molecule has 0 aliphatic heterocycles. The maximum atomic E-state index is 11.6. The van der Waals surface area contributed by atoms with Gasteiger partial charge in [0.05, 0.1) is 6.54 Å². The Hall–Kier alpha value is -0.870. The summed E-state index contributed by atoms with van der Waals surface area (Å²) in [4.78, 5) is 13.7. The Bertz CT molecular complexity index is 247. The SMILES string of the molecule is C=CCNC(=O)CN(C)C1CCC(NC)CC1. The van der Waals surface area contributed by atoms with Crippen molar-refractivity contribution in [2.45, 2.75) is 37.8 Å². The molecule has 0 unspecified atom stereocenters. The molecule has 2 N–H and O–H groups in total. The number of hydrogen-bond donors (Lipinski definition) is 2. The Morgan fingerprint density at radius 1 is 1.41 bits per heavy atom. The molecule has 0 saturated heterocycles. The number of carbonyl (C=O) groups is 1. The monoisotopic (exact) mass is 239 g/mol. The van der Waals surface area contributed by atoms with E-state index in [-0.39, 0.29) is 5.91 Å². The average Bonchev–Trinajstić information content (AvgIpc) is 2.36. The van der Waals surface area contributed by atoms with E-state index in [1.165, 1.54) is 25.7 Å². The van der Waals surface area contributed by atoms with Crippen LogP contribution in [0.2, 0.25) is 0 Å². The maximum absolute atomic E-state index is 11.6. The summed E-state index contributed by atoms with van der Waals surface area (Å²) in [7, 11) is 4.06. The highest BCUT2D eigenvalue weighted by Gasteiger charge is 2.23. The molecular weight excluding hydrogens is 214 g/mol. The number of nitrogens with zero attached hydrogens (tertiary/aromatic N) is 1. The highest BCUT2D eigenvalue weighted by atomic mass is 16.2. The molecule has 1 fully saturated rings. The third-order valence-corrected chi connectivity index (χ3v) is 3.56. The van der Waals surface area contributed by atoms with Gasteiger partial charge in [-0.2, -0.15) is 0 Å². The fourth-order valence-corrected chi connectivity index (χ4v) is 2.40. The van der Waals surface area contributed by atoms with Crippen LogP contribution < -0.4 is 10.6 Å². The zero-order valence-electron chi connectivity index (χ0n) is 11.0. The van der Waals surface area contributed by atoms with Crippen LogP contribution in [-0.4, -0.2) is 50.1 Å². The van der Waals surface area contributed by atoms with E-state index in [0.717, 1.165) is 0 Å². The van der Waals surface area contributed by atoms with Gasteiger partial charge in [-0.05, 0) is 39.8 Å². The second kappa shape index (κ2) is 7.45. The molecule has 17 heavy (non-hydrogen) atoms. The van der Waals surface area contributed by atoms with Gasteiger partial charge in [-0.15, -0.1) is 6.58 Å². The first kappa shape index (κ1) is 14.2. The molecule has 1 amide bonds. The highest BCUT2D eigenvalue weighted by molar-refractivity contribution is 5.78. The molecule has 4 nitrogen and oxygen atoms in total. The first-order valence-electron chi connectivity index (χ1n) is 6.42. The molecule has 98 valence electrons. The minimum atomic E-state index is 0.0862. The van der Waals surface area contributed by atoms with E-state index >= 15 is 0 Å². The summed E-state index contributed by atoms with van der Waals surface area (Å²) >= 11 is 0. The van der Waals surface area contributed by atoms with Crippen LogP contribution >= 0.6 is 0 Å². The van der Waals surface area contributed by atoms with Crippen molar-refractivity contribution in [3.63, 3.8) is 0 Å². The zero-order valence-corrected chi connectivity index (χ0v) is 11.0. The third kappa shape index (κ3) is 4.88. The fourth-order valence-electron chi connectivity index (χ4n) is 2.40. The minimum Gasteiger partial charge on any atom is -0.352 e. The first-order valence-corrected chi connectivity index (χ1v) is 6.42. The summed E-state index contributed by atoms with van der Waals surface area (Å²) in [5, 5.41) is 6.13. The Balaban J connectivity index is 2.26. The highest BCUT2D eigenvalue weighted by Crippen LogP contribution is 2.21. The van der Waals surface area contributed by atoms with E-state index in [1.54, 1.807) is 6.08 Å². The predicted octanol–water partition coefficient (Wildman–Crippen LogP) is 0.751. The molecule has 0 bridgehead atoms. The lowest BCUT2D eigenvalue weighted by Gasteiger charge is -2.34. The Labute approximate surface area is 104 Å². The van der Waals surface area contributed by atoms with Gasteiger partial charge in [0.1, 0.15) is 0 Å². The van der Waals surface area contributed by atoms with E-state index in [1.807, 2.05) is 14.1 Å². The van der Waals surface area contributed by atoms with E-state index < -0.39 is 0 Å². The molecule has 1 aliphatic rings. The Morgan fingerprint density at radius 2 is 2.06 bits per heavy atom. The molecule has 0 aromatic carbocycles. The van der Waals surface area contributed by atoms with Gasteiger partial charge < -0.3 is 10.6 Å². The molecule has 4 heteroatoms.